The van der Waals surface area contributed by atoms with Crippen molar-refractivity contribution in [3.8, 4) is 0 Å². The number of piperidine rings is 1. The molecule has 3 heteroatoms. The van der Waals surface area contributed by atoms with Crippen molar-refractivity contribution < 1.29 is 14.4 Å². The Morgan fingerprint density at radius 2 is 1.94 bits per heavy atom. The van der Waals surface area contributed by atoms with E-state index in [0.29, 0.717) is 6.54 Å². The van der Waals surface area contributed by atoms with Gasteiger partial charge in [0.15, 0.2) is 6.54 Å². The molecule has 1 fully saturated rings. The van der Waals surface area contributed by atoms with E-state index in [1.54, 1.807) is 0 Å². The van der Waals surface area contributed by atoms with E-state index in [9.17, 15) is 4.79 Å². The van der Waals surface area contributed by atoms with Gasteiger partial charge in [0.05, 0.1) is 19.2 Å². The molecular formula is C15H28NO2+. The second-order valence-corrected chi connectivity index (χ2v) is 5.65. The van der Waals surface area contributed by atoms with Gasteiger partial charge >= 0.3 is 5.97 Å². The molecule has 0 aliphatic carbocycles. The van der Waals surface area contributed by atoms with Crippen LogP contribution in [0.4, 0.5) is 0 Å². The number of likely N-dealkylation sites (tertiary alicyclic amines) is 1. The van der Waals surface area contributed by atoms with Gasteiger partial charge in [-0.3, -0.25) is 0 Å². The fraction of sp³-hybridized carbons (Fsp3) is 0.800. The van der Waals surface area contributed by atoms with Gasteiger partial charge in [-0.05, 0) is 52.9 Å². The number of hydrogen-bond donors (Lipinski definition) is 1. The minimum atomic E-state index is -0.0309. The van der Waals surface area contributed by atoms with Gasteiger partial charge in [0.2, 0.25) is 0 Å². The molecule has 0 aromatic rings. The summed E-state index contributed by atoms with van der Waals surface area (Å²) in [5.74, 6) is -0.0309. The summed E-state index contributed by atoms with van der Waals surface area (Å²) in [7, 11) is 0. The van der Waals surface area contributed by atoms with E-state index in [-0.39, 0.29) is 12.1 Å². The number of carbonyl (C=O) groups excluding carboxylic acids is 1. The minimum Gasteiger partial charge on any atom is -0.459 e. The molecular weight excluding hydrogens is 226 g/mol. The van der Waals surface area contributed by atoms with Crippen LogP contribution in [-0.4, -0.2) is 31.7 Å². The lowest BCUT2D eigenvalue weighted by molar-refractivity contribution is -0.897. The largest absolute Gasteiger partial charge is 0.459 e. The van der Waals surface area contributed by atoms with Gasteiger partial charge in [-0.15, -0.1) is 0 Å². The fourth-order valence-electron chi connectivity index (χ4n) is 2.36. The summed E-state index contributed by atoms with van der Waals surface area (Å²) in [5, 5.41) is 0. The highest BCUT2D eigenvalue weighted by atomic mass is 16.5. The molecule has 0 saturated carbocycles. The summed E-state index contributed by atoms with van der Waals surface area (Å²) in [6.07, 6.45) is 7.96. The molecule has 0 radical (unpaired) electrons. The van der Waals surface area contributed by atoms with Crippen molar-refractivity contribution in [3.05, 3.63) is 11.6 Å². The first-order chi connectivity index (χ1) is 8.58. The first kappa shape index (κ1) is 15.2. The number of hydrogen-bond acceptors (Lipinski definition) is 2. The van der Waals surface area contributed by atoms with Crippen molar-refractivity contribution in [2.24, 2.45) is 0 Å². The average Bonchev–Trinajstić information content (AvgIpc) is 2.29. The smallest absolute Gasteiger partial charge is 0.361 e. The zero-order chi connectivity index (χ0) is 13.4. The van der Waals surface area contributed by atoms with E-state index in [4.69, 9.17) is 4.74 Å². The number of esters is 1. The summed E-state index contributed by atoms with van der Waals surface area (Å²) in [5.41, 5.74) is 1.33. The molecule has 1 N–H and O–H groups in total. The molecule has 1 aliphatic rings. The quantitative estimate of drug-likeness (QED) is 0.578. The van der Waals surface area contributed by atoms with Crippen LogP contribution in [0.15, 0.2) is 11.6 Å². The Bertz CT molecular complexity index is 276. The number of ether oxygens (including phenoxy) is 1. The van der Waals surface area contributed by atoms with E-state index in [1.165, 1.54) is 29.7 Å². The fourth-order valence-corrected chi connectivity index (χ4v) is 2.36. The maximum absolute atomic E-state index is 11.8. The molecule has 18 heavy (non-hydrogen) atoms. The van der Waals surface area contributed by atoms with E-state index in [0.717, 1.165) is 25.9 Å². The summed E-state index contributed by atoms with van der Waals surface area (Å²) in [6.45, 7) is 8.98. The summed E-state index contributed by atoms with van der Waals surface area (Å²) < 4.78 is 5.45. The summed E-state index contributed by atoms with van der Waals surface area (Å²) >= 11 is 0. The summed E-state index contributed by atoms with van der Waals surface area (Å²) in [4.78, 5) is 13.2. The van der Waals surface area contributed by atoms with Crippen LogP contribution in [0.5, 0.6) is 0 Å². The van der Waals surface area contributed by atoms with Gasteiger partial charge in [0.25, 0.3) is 0 Å². The van der Waals surface area contributed by atoms with Gasteiger partial charge in [-0.2, -0.15) is 0 Å². The molecule has 0 bridgehead atoms. The normalized spacial score (nSPS) is 18.2. The number of carbonyl (C=O) groups is 1. The molecule has 0 amide bonds. The molecule has 1 aliphatic heterocycles. The molecule has 1 rings (SSSR count). The third-order valence-corrected chi connectivity index (χ3v) is 3.41. The van der Waals surface area contributed by atoms with Crippen molar-refractivity contribution in [3.63, 3.8) is 0 Å². The lowest BCUT2D eigenvalue weighted by Crippen LogP contribution is -3.13. The molecule has 1 saturated heterocycles. The van der Waals surface area contributed by atoms with Gasteiger partial charge in [-0.1, -0.05) is 11.6 Å². The molecule has 0 unspecified atom stereocenters. The number of quaternary nitrogens is 1. The van der Waals surface area contributed by atoms with Crippen LogP contribution in [0.3, 0.4) is 0 Å². The number of nitrogens with one attached hydrogen (secondary N) is 1. The molecule has 1 atom stereocenters. The Morgan fingerprint density at radius 1 is 1.28 bits per heavy atom. The van der Waals surface area contributed by atoms with Gasteiger partial charge < -0.3 is 9.64 Å². The van der Waals surface area contributed by atoms with Crippen LogP contribution in [0.25, 0.3) is 0 Å². The molecule has 0 aromatic heterocycles. The van der Waals surface area contributed by atoms with Crippen molar-refractivity contribution in [2.45, 2.75) is 59.0 Å². The summed E-state index contributed by atoms with van der Waals surface area (Å²) in [6, 6.07) is 0. The van der Waals surface area contributed by atoms with Crippen molar-refractivity contribution in [2.75, 3.05) is 19.6 Å². The average molecular weight is 254 g/mol. The van der Waals surface area contributed by atoms with Crippen LogP contribution in [0.2, 0.25) is 0 Å². The Balaban J connectivity index is 2.16. The Kier molecular flexibility index (Phi) is 7.02. The molecule has 0 spiro atoms. The highest BCUT2D eigenvalue weighted by Crippen LogP contribution is 2.04. The van der Waals surface area contributed by atoms with Gasteiger partial charge in [0.1, 0.15) is 0 Å². The zero-order valence-corrected chi connectivity index (χ0v) is 12.1. The van der Waals surface area contributed by atoms with Crippen LogP contribution in [-0.2, 0) is 9.53 Å². The van der Waals surface area contributed by atoms with Crippen LogP contribution in [0.1, 0.15) is 52.9 Å². The van der Waals surface area contributed by atoms with E-state index in [2.05, 4.69) is 19.9 Å². The predicted molar refractivity (Wildman–Crippen MR) is 73.6 cm³/mol. The third kappa shape index (κ3) is 6.80. The maximum atomic E-state index is 11.8. The second kappa shape index (κ2) is 8.30. The molecule has 104 valence electrons. The number of rotatable bonds is 6. The zero-order valence-electron chi connectivity index (χ0n) is 12.1. The van der Waals surface area contributed by atoms with Crippen LogP contribution < -0.4 is 4.90 Å². The highest BCUT2D eigenvalue weighted by Gasteiger charge is 2.19. The Morgan fingerprint density at radius 3 is 2.56 bits per heavy atom. The maximum Gasteiger partial charge on any atom is 0.361 e. The first-order valence-electron chi connectivity index (χ1n) is 7.24. The molecule has 3 nitrogen and oxygen atoms in total. The monoisotopic (exact) mass is 254 g/mol. The second-order valence-electron chi connectivity index (χ2n) is 5.65. The lowest BCUT2D eigenvalue weighted by atomic mass is 10.1. The lowest BCUT2D eigenvalue weighted by Gasteiger charge is -2.23. The Labute approximate surface area is 111 Å². The van der Waals surface area contributed by atoms with Crippen molar-refractivity contribution in [1.29, 1.82) is 0 Å². The Hall–Kier alpha value is -0.830. The van der Waals surface area contributed by atoms with E-state index >= 15 is 0 Å². The van der Waals surface area contributed by atoms with Crippen LogP contribution >= 0.6 is 0 Å². The topological polar surface area (TPSA) is 30.7 Å². The predicted octanol–water partition coefficient (Wildman–Crippen LogP) is 1.73. The minimum absolute atomic E-state index is 0.0309. The first-order valence-corrected chi connectivity index (χ1v) is 7.24. The van der Waals surface area contributed by atoms with Crippen LogP contribution in [0, 0.1) is 0 Å². The van der Waals surface area contributed by atoms with Crippen molar-refractivity contribution >= 4 is 5.97 Å². The highest BCUT2D eigenvalue weighted by molar-refractivity contribution is 5.70. The SMILES string of the molecule is CC(C)=CCC[C@H](C)OC(=O)C[NH+]1CCCCC1. The molecule has 0 aromatic carbocycles. The standard InChI is InChI=1S/C15H27NO2/c1-13(2)8-7-9-14(3)18-15(17)12-16-10-5-4-6-11-16/h8,14H,4-7,9-12H2,1-3H3/p+1/t14-/m0/s1. The number of allylic oxidation sites excluding steroid dienone is 2. The molecule has 1 heterocycles. The van der Waals surface area contributed by atoms with E-state index < -0.39 is 0 Å². The van der Waals surface area contributed by atoms with Gasteiger partial charge in [0, 0.05) is 0 Å². The van der Waals surface area contributed by atoms with Crippen molar-refractivity contribution in [1.82, 2.24) is 0 Å². The third-order valence-electron chi connectivity index (χ3n) is 3.41. The van der Waals surface area contributed by atoms with Gasteiger partial charge in [-0.25, -0.2) is 4.79 Å². The van der Waals surface area contributed by atoms with E-state index in [1.807, 2.05) is 6.92 Å².